The highest BCUT2D eigenvalue weighted by molar-refractivity contribution is 7.14. The number of nitrogens with two attached hydrogens (primary N) is 2. The van der Waals surface area contributed by atoms with Crippen molar-refractivity contribution in [2.75, 3.05) is 17.2 Å². The van der Waals surface area contributed by atoms with Crippen LogP contribution in [-0.2, 0) is 4.79 Å². The van der Waals surface area contributed by atoms with Gasteiger partial charge in [0.05, 0.1) is 17.8 Å². The molecule has 0 aliphatic carbocycles. The summed E-state index contributed by atoms with van der Waals surface area (Å²) in [5, 5.41) is 7.10. The van der Waals surface area contributed by atoms with Crippen molar-refractivity contribution >= 4 is 39.7 Å². The maximum atomic E-state index is 13.9. The maximum absolute atomic E-state index is 13.9. The Balaban J connectivity index is 1.79. The number of halogens is 1. The van der Waals surface area contributed by atoms with Crippen LogP contribution < -0.4 is 22.1 Å². The van der Waals surface area contributed by atoms with E-state index in [2.05, 4.69) is 10.6 Å². The Bertz CT molecular complexity index is 1080. The Morgan fingerprint density at radius 1 is 0.966 bits per heavy atom. The zero-order valence-corrected chi connectivity index (χ0v) is 15.9. The molecular weight excluding hydrogens is 395 g/mol. The van der Waals surface area contributed by atoms with Crippen LogP contribution >= 0.6 is 11.3 Å². The lowest BCUT2D eigenvalue weighted by molar-refractivity contribution is -0.114. The minimum Gasteiger partial charge on any atom is -0.366 e. The highest BCUT2D eigenvalue weighted by Crippen LogP contribution is 2.26. The normalized spacial score (nSPS) is 10.4. The lowest BCUT2D eigenvalue weighted by Gasteiger charge is -2.09. The summed E-state index contributed by atoms with van der Waals surface area (Å²) in [5.41, 5.74) is 12.5. The van der Waals surface area contributed by atoms with Gasteiger partial charge in [-0.2, -0.15) is 0 Å². The molecule has 3 amide bonds. The van der Waals surface area contributed by atoms with Crippen molar-refractivity contribution in [2.45, 2.75) is 0 Å². The zero-order chi connectivity index (χ0) is 21.0. The van der Waals surface area contributed by atoms with Gasteiger partial charge in [0, 0.05) is 5.56 Å². The van der Waals surface area contributed by atoms with E-state index < -0.39 is 23.5 Å². The first kappa shape index (κ1) is 20.2. The summed E-state index contributed by atoms with van der Waals surface area (Å²) in [6.45, 7) is -0.255. The molecule has 0 saturated heterocycles. The van der Waals surface area contributed by atoms with E-state index in [0.29, 0.717) is 16.1 Å². The van der Waals surface area contributed by atoms with Crippen molar-refractivity contribution in [2.24, 2.45) is 11.5 Å². The monoisotopic (exact) mass is 412 g/mol. The van der Waals surface area contributed by atoms with Crippen molar-refractivity contribution < 1.29 is 18.8 Å². The fraction of sp³-hybridized carbons (Fsp3) is 0.0500. The highest BCUT2D eigenvalue weighted by atomic mass is 32.1. The molecule has 0 aliphatic rings. The Hall–Kier alpha value is -3.56. The van der Waals surface area contributed by atoms with E-state index in [4.69, 9.17) is 11.5 Å². The minimum absolute atomic E-state index is 0.0245. The van der Waals surface area contributed by atoms with Gasteiger partial charge in [-0.3, -0.25) is 14.4 Å². The molecule has 9 heteroatoms. The summed E-state index contributed by atoms with van der Waals surface area (Å²) in [6.07, 6.45) is 0. The number of carbonyl (C=O) groups excluding carboxylic acids is 3. The lowest BCUT2D eigenvalue weighted by atomic mass is 10.0. The smallest absolute Gasteiger partial charge is 0.256 e. The van der Waals surface area contributed by atoms with Crippen LogP contribution in [0.3, 0.4) is 0 Å². The van der Waals surface area contributed by atoms with E-state index in [0.717, 1.165) is 5.56 Å². The quantitative estimate of drug-likeness (QED) is 0.496. The standard InChI is InChI=1S/C20H17FN4O3S/c21-15-6-5-13(9-16(15)24-17(26)10-22)11-1-3-12(4-2-11)19(28)25-20-14(18(23)27)7-8-29-20/h1-9H,10,22H2,(H2,23,27)(H,24,26)(H,25,28). The van der Waals surface area contributed by atoms with E-state index in [9.17, 15) is 18.8 Å². The van der Waals surface area contributed by atoms with E-state index in [1.165, 1.54) is 23.5 Å². The number of benzene rings is 2. The van der Waals surface area contributed by atoms with E-state index in [-0.39, 0.29) is 17.8 Å². The highest BCUT2D eigenvalue weighted by Gasteiger charge is 2.14. The summed E-state index contributed by atoms with van der Waals surface area (Å²) in [6, 6.07) is 12.4. The van der Waals surface area contributed by atoms with Gasteiger partial charge < -0.3 is 22.1 Å². The van der Waals surface area contributed by atoms with E-state index in [1.807, 2.05) is 0 Å². The van der Waals surface area contributed by atoms with Crippen molar-refractivity contribution in [3.05, 3.63) is 70.9 Å². The van der Waals surface area contributed by atoms with Crippen LogP contribution in [0.2, 0.25) is 0 Å². The third-order valence-electron chi connectivity index (χ3n) is 4.06. The van der Waals surface area contributed by atoms with Crippen LogP contribution in [0.25, 0.3) is 11.1 Å². The van der Waals surface area contributed by atoms with Crippen LogP contribution in [0.1, 0.15) is 20.7 Å². The van der Waals surface area contributed by atoms with Gasteiger partial charge in [-0.05, 0) is 46.8 Å². The Labute approximate surface area is 169 Å². The number of thiophene rings is 1. The molecule has 3 rings (SSSR count). The molecule has 7 nitrogen and oxygen atoms in total. The molecule has 1 heterocycles. The van der Waals surface area contributed by atoms with Gasteiger partial charge in [0.15, 0.2) is 0 Å². The zero-order valence-electron chi connectivity index (χ0n) is 15.1. The molecule has 0 spiro atoms. The van der Waals surface area contributed by atoms with Crippen LogP contribution in [0.4, 0.5) is 15.1 Å². The van der Waals surface area contributed by atoms with E-state index in [1.54, 1.807) is 41.8 Å². The average molecular weight is 412 g/mol. The van der Waals surface area contributed by atoms with Gasteiger partial charge in [-0.25, -0.2) is 4.39 Å². The predicted molar refractivity (Wildman–Crippen MR) is 110 cm³/mol. The summed E-state index contributed by atoms with van der Waals surface area (Å²) >= 11 is 1.20. The van der Waals surface area contributed by atoms with Gasteiger partial charge in [0.2, 0.25) is 5.91 Å². The molecule has 0 aliphatic heterocycles. The Morgan fingerprint density at radius 3 is 2.31 bits per heavy atom. The molecule has 0 unspecified atom stereocenters. The fourth-order valence-corrected chi connectivity index (χ4v) is 3.38. The van der Waals surface area contributed by atoms with Crippen molar-refractivity contribution in [3.8, 4) is 11.1 Å². The Kier molecular flexibility index (Phi) is 6.01. The fourth-order valence-electron chi connectivity index (χ4n) is 2.59. The summed E-state index contributed by atoms with van der Waals surface area (Å²) in [5.74, 6) is -2.09. The largest absolute Gasteiger partial charge is 0.366 e. The van der Waals surface area contributed by atoms with Crippen LogP contribution in [0, 0.1) is 5.82 Å². The second kappa shape index (κ2) is 8.63. The maximum Gasteiger partial charge on any atom is 0.256 e. The minimum atomic E-state index is -0.620. The number of amides is 3. The molecule has 1 aromatic heterocycles. The number of primary amides is 1. The molecule has 3 aromatic rings. The summed E-state index contributed by atoms with van der Waals surface area (Å²) in [4.78, 5) is 35.2. The van der Waals surface area contributed by atoms with Crippen molar-refractivity contribution in [1.82, 2.24) is 0 Å². The van der Waals surface area contributed by atoms with Crippen molar-refractivity contribution in [1.29, 1.82) is 0 Å². The lowest BCUT2D eigenvalue weighted by Crippen LogP contribution is -2.22. The molecule has 0 fully saturated rings. The number of anilines is 2. The number of hydrogen-bond donors (Lipinski definition) is 4. The molecule has 6 N–H and O–H groups in total. The van der Waals surface area contributed by atoms with Crippen LogP contribution in [-0.4, -0.2) is 24.3 Å². The molecule has 2 aromatic carbocycles. The molecule has 29 heavy (non-hydrogen) atoms. The molecule has 0 atom stereocenters. The molecule has 0 bridgehead atoms. The summed E-state index contributed by atoms with van der Waals surface area (Å²) < 4.78 is 13.9. The van der Waals surface area contributed by atoms with Crippen LogP contribution in [0.5, 0.6) is 0 Å². The first-order valence-electron chi connectivity index (χ1n) is 8.47. The first-order valence-corrected chi connectivity index (χ1v) is 9.35. The van der Waals surface area contributed by atoms with Gasteiger partial charge in [-0.15, -0.1) is 11.3 Å². The third-order valence-corrected chi connectivity index (χ3v) is 4.89. The number of carbonyl (C=O) groups is 3. The van der Waals surface area contributed by atoms with Gasteiger partial charge in [0.1, 0.15) is 10.8 Å². The van der Waals surface area contributed by atoms with Gasteiger partial charge in [0.25, 0.3) is 11.8 Å². The molecule has 148 valence electrons. The second-order valence-corrected chi connectivity index (χ2v) is 6.92. The second-order valence-electron chi connectivity index (χ2n) is 6.01. The summed E-state index contributed by atoms with van der Waals surface area (Å²) in [7, 11) is 0. The molecule has 0 radical (unpaired) electrons. The van der Waals surface area contributed by atoms with Crippen molar-refractivity contribution in [3.63, 3.8) is 0 Å². The van der Waals surface area contributed by atoms with Crippen LogP contribution in [0.15, 0.2) is 53.9 Å². The topological polar surface area (TPSA) is 127 Å². The van der Waals surface area contributed by atoms with Gasteiger partial charge in [-0.1, -0.05) is 18.2 Å². The number of rotatable bonds is 6. The number of nitrogens with one attached hydrogen (secondary N) is 2. The third kappa shape index (κ3) is 4.65. The Morgan fingerprint density at radius 2 is 1.66 bits per heavy atom. The molecule has 0 saturated carbocycles. The average Bonchev–Trinajstić information content (AvgIpc) is 3.18. The number of hydrogen-bond acceptors (Lipinski definition) is 5. The SMILES string of the molecule is NCC(=O)Nc1cc(-c2ccc(C(=O)Nc3sccc3C(N)=O)cc2)ccc1F. The van der Waals surface area contributed by atoms with Gasteiger partial charge >= 0.3 is 0 Å². The molecular formula is C20H17FN4O3S. The first-order chi connectivity index (χ1) is 13.9. The van der Waals surface area contributed by atoms with E-state index >= 15 is 0 Å². The predicted octanol–water partition coefficient (Wildman–Crippen LogP) is 2.80.